The van der Waals surface area contributed by atoms with Crippen LogP contribution in [0.3, 0.4) is 0 Å². The molecule has 5 nitrogen and oxygen atoms in total. The SMILES string of the molecule is COCCC(=O)N(C)C(C(N)=O)c1cccc(Br)c1. The molecule has 1 aromatic rings. The Balaban J connectivity index is 2.95. The van der Waals surface area contributed by atoms with Crippen molar-refractivity contribution < 1.29 is 14.3 Å². The topological polar surface area (TPSA) is 72.6 Å². The predicted molar refractivity (Wildman–Crippen MR) is 75.3 cm³/mol. The van der Waals surface area contributed by atoms with E-state index in [1.165, 1.54) is 12.0 Å². The van der Waals surface area contributed by atoms with Crippen molar-refractivity contribution in [2.75, 3.05) is 20.8 Å². The maximum absolute atomic E-state index is 11.9. The number of nitrogens with zero attached hydrogens (tertiary/aromatic N) is 1. The van der Waals surface area contributed by atoms with Crippen LogP contribution in [-0.4, -0.2) is 37.5 Å². The largest absolute Gasteiger partial charge is 0.384 e. The van der Waals surface area contributed by atoms with E-state index in [1.54, 1.807) is 25.2 Å². The predicted octanol–water partition coefficient (Wildman–Crippen LogP) is 1.47. The standard InChI is InChI=1S/C13H17BrN2O3/c1-16(11(17)6-7-19-2)12(13(15)18)9-4-3-5-10(14)8-9/h3-5,8,12H,6-7H2,1-2H3,(H2,15,18). The minimum Gasteiger partial charge on any atom is -0.384 e. The van der Waals surface area contributed by atoms with Gasteiger partial charge in [0, 0.05) is 18.6 Å². The van der Waals surface area contributed by atoms with E-state index in [4.69, 9.17) is 10.5 Å². The Kier molecular flexibility index (Phi) is 5.98. The summed E-state index contributed by atoms with van der Waals surface area (Å²) in [5.74, 6) is -0.753. The van der Waals surface area contributed by atoms with E-state index in [0.29, 0.717) is 12.2 Å². The molecule has 2 N–H and O–H groups in total. The maximum atomic E-state index is 11.9. The van der Waals surface area contributed by atoms with Gasteiger partial charge in [-0.15, -0.1) is 0 Å². The van der Waals surface area contributed by atoms with Crippen molar-refractivity contribution in [3.05, 3.63) is 34.3 Å². The fraction of sp³-hybridized carbons (Fsp3) is 0.385. The lowest BCUT2D eigenvalue weighted by molar-refractivity contribution is -0.138. The van der Waals surface area contributed by atoms with Gasteiger partial charge in [0.25, 0.3) is 0 Å². The van der Waals surface area contributed by atoms with Crippen LogP contribution in [0.2, 0.25) is 0 Å². The van der Waals surface area contributed by atoms with Crippen LogP contribution in [0.5, 0.6) is 0 Å². The molecule has 0 aliphatic carbocycles. The highest BCUT2D eigenvalue weighted by atomic mass is 79.9. The van der Waals surface area contributed by atoms with Crippen LogP contribution in [0.15, 0.2) is 28.7 Å². The number of carbonyl (C=O) groups excluding carboxylic acids is 2. The number of nitrogens with two attached hydrogens (primary N) is 1. The van der Waals surface area contributed by atoms with Gasteiger partial charge < -0.3 is 15.4 Å². The lowest BCUT2D eigenvalue weighted by Gasteiger charge is -2.26. The second kappa shape index (κ2) is 7.25. The normalized spacial score (nSPS) is 11.9. The summed E-state index contributed by atoms with van der Waals surface area (Å²) < 4.78 is 5.68. The zero-order valence-electron chi connectivity index (χ0n) is 10.9. The molecule has 1 atom stereocenters. The number of methoxy groups -OCH3 is 1. The molecule has 0 heterocycles. The molecule has 0 aliphatic heterocycles. The first kappa shape index (κ1) is 15.7. The Hall–Kier alpha value is -1.40. The summed E-state index contributed by atoms with van der Waals surface area (Å²) in [6.45, 7) is 0.313. The summed E-state index contributed by atoms with van der Waals surface area (Å²) in [7, 11) is 3.08. The van der Waals surface area contributed by atoms with Gasteiger partial charge in [-0.3, -0.25) is 9.59 Å². The van der Waals surface area contributed by atoms with Crippen LogP contribution in [0, 0.1) is 0 Å². The lowest BCUT2D eigenvalue weighted by atomic mass is 10.0. The molecule has 0 saturated heterocycles. The molecule has 2 amide bonds. The Morgan fingerprint density at radius 3 is 2.68 bits per heavy atom. The average molecular weight is 329 g/mol. The average Bonchev–Trinajstić information content (AvgIpc) is 2.35. The highest BCUT2D eigenvalue weighted by Crippen LogP contribution is 2.23. The van der Waals surface area contributed by atoms with Crippen LogP contribution in [0.25, 0.3) is 0 Å². The minimum atomic E-state index is -0.776. The number of halogens is 1. The van der Waals surface area contributed by atoms with Crippen LogP contribution in [0.1, 0.15) is 18.0 Å². The first-order chi connectivity index (χ1) is 8.97. The fourth-order valence-corrected chi connectivity index (χ4v) is 2.18. The third-order valence-corrected chi connectivity index (χ3v) is 3.23. The zero-order chi connectivity index (χ0) is 14.4. The highest BCUT2D eigenvalue weighted by molar-refractivity contribution is 9.10. The van der Waals surface area contributed by atoms with Crippen molar-refractivity contribution in [3.63, 3.8) is 0 Å². The Morgan fingerprint density at radius 1 is 1.47 bits per heavy atom. The first-order valence-corrected chi connectivity index (χ1v) is 6.56. The molecule has 19 heavy (non-hydrogen) atoms. The number of ether oxygens (including phenoxy) is 1. The van der Waals surface area contributed by atoms with E-state index < -0.39 is 11.9 Å². The molecule has 0 fully saturated rings. The first-order valence-electron chi connectivity index (χ1n) is 5.76. The fourth-order valence-electron chi connectivity index (χ4n) is 1.77. The Labute approximate surface area is 120 Å². The summed E-state index contributed by atoms with van der Waals surface area (Å²) in [4.78, 5) is 24.9. The van der Waals surface area contributed by atoms with Gasteiger partial charge in [-0.1, -0.05) is 28.1 Å². The summed E-state index contributed by atoms with van der Waals surface area (Å²) in [6.07, 6.45) is 0.213. The molecule has 0 aromatic heterocycles. The molecule has 0 saturated carbocycles. The molecule has 1 aromatic carbocycles. The smallest absolute Gasteiger partial charge is 0.244 e. The number of amides is 2. The van der Waals surface area contributed by atoms with E-state index in [0.717, 1.165) is 4.47 Å². The van der Waals surface area contributed by atoms with Gasteiger partial charge in [0.05, 0.1) is 13.0 Å². The van der Waals surface area contributed by atoms with Crippen molar-refractivity contribution in [1.29, 1.82) is 0 Å². The monoisotopic (exact) mass is 328 g/mol. The molecule has 104 valence electrons. The number of primary amides is 1. The number of hydrogen-bond donors (Lipinski definition) is 1. The third-order valence-electron chi connectivity index (χ3n) is 2.73. The number of rotatable bonds is 6. The van der Waals surface area contributed by atoms with E-state index in [9.17, 15) is 9.59 Å². The van der Waals surface area contributed by atoms with Gasteiger partial charge in [-0.25, -0.2) is 0 Å². The second-order valence-corrected chi connectivity index (χ2v) is 5.02. The zero-order valence-corrected chi connectivity index (χ0v) is 12.5. The van der Waals surface area contributed by atoms with Gasteiger partial charge in [-0.05, 0) is 17.7 Å². The second-order valence-electron chi connectivity index (χ2n) is 4.11. The van der Waals surface area contributed by atoms with E-state index in [-0.39, 0.29) is 12.3 Å². The van der Waals surface area contributed by atoms with Gasteiger partial charge in [-0.2, -0.15) is 0 Å². The summed E-state index contributed by atoms with van der Waals surface area (Å²) in [5.41, 5.74) is 6.08. The van der Waals surface area contributed by atoms with Crippen molar-refractivity contribution >= 4 is 27.7 Å². The molecular weight excluding hydrogens is 312 g/mol. The Bertz CT molecular complexity index is 465. The number of benzene rings is 1. The van der Waals surface area contributed by atoms with Gasteiger partial charge in [0.2, 0.25) is 11.8 Å². The number of likely N-dealkylation sites (N-methyl/N-ethyl adjacent to an activating group) is 1. The lowest BCUT2D eigenvalue weighted by Crippen LogP contribution is -2.39. The van der Waals surface area contributed by atoms with Gasteiger partial charge >= 0.3 is 0 Å². The minimum absolute atomic E-state index is 0.189. The Morgan fingerprint density at radius 2 is 2.16 bits per heavy atom. The van der Waals surface area contributed by atoms with Crippen molar-refractivity contribution in [2.45, 2.75) is 12.5 Å². The van der Waals surface area contributed by atoms with Crippen LogP contribution in [0.4, 0.5) is 0 Å². The molecular formula is C13H17BrN2O3. The van der Waals surface area contributed by atoms with Crippen molar-refractivity contribution in [3.8, 4) is 0 Å². The van der Waals surface area contributed by atoms with Gasteiger partial charge in [0.15, 0.2) is 0 Å². The van der Waals surface area contributed by atoms with E-state index in [1.807, 2.05) is 6.07 Å². The molecule has 1 rings (SSSR count). The van der Waals surface area contributed by atoms with E-state index in [2.05, 4.69) is 15.9 Å². The maximum Gasteiger partial charge on any atom is 0.244 e. The molecule has 0 bridgehead atoms. The molecule has 1 unspecified atom stereocenters. The van der Waals surface area contributed by atoms with Crippen molar-refractivity contribution in [2.24, 2.45) is 5.73 Å². The molecule has 0 aliphatic rings. The highest BCUT2D eigenvalue weighted by Gasteiger charge is 2.26. The summed E-state index contributed by atoms with van der Waals surface area (Å²) in [6, 6.07) is 6.40. The summed E-state index contributed by atoms with van der Waals surface area (Å²) in [5, 5.41) is 0. The van der Waals surface area contributed by atoms with Crippen LogP contribution in [-0.2, 0) is 14.3 Å². The molecule has 0 radical (unpaired) electrons. The van der Waals surface area contributed by atoms with Crippen LogP contribution < -0.4 is 5.73 Å². The van der Waals surface area contributed by atoms with Crippen LogP contribution >= 0.6 is 15.9 Å². The quantitative estimate of drug-likeness (QED) is 0.859. The van der Waals surface area contributed by atoms with Gasteiger partial charge in [0.1, 0.15) is 6.04 Å². The number of carbonyl (C=O) groups is 2. The van der Waals surface area contributed by atoms with E-state index >= 15 is 0 Å². The third kappa shape index (κ3) is 4.33. The summed E-state index contributed by atoms with van der Waals surface area (Å²) >= 11 is 3.33. The number of hydrogen-bond acceptors (Lipinski definition) is 3. The molecule has 0 spiro atoms. The molecule has 6 heteroatoms. The van der Waals surface area contributed by atoms with Crippen molar-refractivity contribution in [1.82, 2.24) is 4.90 Å².